The predicted octanol–water partition coefficient (Wildman–Crippen LogP) is 2.06. The molecule has 5 nitrogen and oxygen atoms in total. The number of nitrogens with two attached hydrogens (primary N) is 1. The zero-order chi connectivity index (χ0) is 13.8. The van der Waals surface area contributed by atoms with Crippen molar-refractivity contribution in [3.63, 3.8) is 0 Å². The van der Waals surface area contributed by atoms with Gasteiger partial charge in [0.1, 0.15) is 4.88 Å². The maximum atomic E-state index is 11.9. The highest BCUT2D eigenvalue weighted by Crippen LogP contribution is 2.30. The lowest BCUT2D eigenvalue weighted by atomic mass is 10.3. The summed E-state index contributed by atoms with van der Waals surface area (Å²) in [4.78, 5) is 12.5. The van der Waals surface area contributed by atoms with Crippen molar-refractivity contribution in [2.75, 3.05) is 24.2 Å². The predicted molar refractivity (Wildman–Crippen MR) is 78.8 cm³/mol. The maximum Gasteiger partial charge on any atom is 0.263 e. The summed E-state index contributed by atoms with van der Waals surface area (Å²) in [6.45, 7) is 5.35. The molecule has 1 saturated carbocycles. The number of hydrogen-bond donors (Lipinski definition) is 3. The van der Waals surface area contributed by atoms with Gasteiger partial charge in [-0.2, -0.15) is 0 Å². The van der Waals surface area contributed by atoms with Crippen molar-refractivity contribution in [2.24, 2.45) is 0 Å². The Morgan fingerprint density at radius 1 is 1.58 bits per heavy atom. The molecule has 2 rings (SSSR count). The lowest BCUT2D eigenvalue weighted by Crippen LogP contribution is -2.25. The van der Waals surface area contributed by atoms with Crippen LogP contribution >= 0.6 is 11.3 Å². The second-order valence-corrected chi connectivity index (χ2v) is 6.04. The van der Waals surface area contributed by atoms with E-state index in [0.29, 0.717) is 29.8 Å². The molecule has 0 aromatic carbocycles. The van der Waals surface area contributed by atoms with Gasteiger partial charge in [0.2, 0.25) is 0 Å². The normalized spacial score (nSPS) is 14.7. The van der Waals surface area contributed by atoms with E-state index in [1.165, 1.54) is 11.3 Å². The summed E-state index contributed by atoms with van der Waals surface area (Å²) in [5.41, 5.74) is 6.41. The van der Waals surface area contributed by atoms with Crippen LogP contribution in [0.4, 0.5) is 10.7 Å². The summed E-state index contributed by atoms with van der Waals surface area (Å²) in [6.07, 6.45) is 2.39. The summed E-state index contributed by atoms with van der Waals surface area (Å²) in [5, 5.41) is 7.07. The number of hydrogen-bond acceptors (Lipinski definition) is 5. The van der Waals surface area contributed by atoms with Gasteiger partial charge < -0.3 is 21.1 Å². The molecule has 1 amide bonds. The molecule has 4 N–H and O–H groups in total. The average Bonchev–Trinajstić information content (AvgIpc) is 3.06. The molecule has 1 aliphatic carbocycles. The molecule has 0 aliphatic heterocycles. The molecular formula is C13H21N3O2S. The highest BCUT2D eigenvalue weighted by atomic mass is 32.1. The van der Waals surface area contributed by atoms with Crippen LogP contribution in [0.15, 0.2) is 6.07 Å². The van der Waals surface area contributed by atoms with Gasteiger partial charge in [-0.05, 0) is 32.8 Å². The lowest BCUT2D eigenvalue weighted by molar-refractivity contribution is 0.0871. The number of ether oxygens (including phenoxy) is 1. The molecule has 0 unspecified atom stereocenters. The van der Waals surface area contributed by atoms with Crippen molar-refractivity contribution < 1.29 is 9.53 Å². The van der Waals surface area contributed by atoms with E-state index in [4.69, 9.17) is 10.5 Å². The van der Waals surface area contributed by atoms with Gasteiger partial charge >= 0.3 is 0 Å². The minimum absolute atomic E-state index is 0.0588. The molecule has 1 aromatic rings. The van der Waals surface area contributed by atoms with Gasteiger partial charge in [0.15, 0.2) is 0 Å². The number of nitrogen functional groups attached to an aromatic ring is 1. The zero-order valence-electron chi connectivity index (χ0n) is 11.4. The Morgan fingerprint density at radius 3 is 2.95 bits per heavy atom. The van der Waals surface area contributed by atoms with Crippen molar-refractivity contribution in [1.82, 2.24) is 5.32 Å². The van der Waals surface area contributed by atoms with Crippen molar-refractivity contribution in [2.45, 2.75) is 38.8 Å². The topological polar surface area (TPSA) is 76.4 Å². The van der Waals surface area contributed by atoms with Crippen LogP contribution in [0, 0.1) is 0 Å². The van der Waals surface area contributed by atoms with Gasteiger partial charge in [0.05, 0.1) is 23.4 Å². The van der Waals surface area contributed by atoms with Crippen LogP contribution < -0.4 is 16.4 Å². The van der Waals surface area contributed by atoms with Crippen molar-refractivity contribution in [3.05, 3.63) is 10.9 Å². The first-order chi connectivity index (χ1) is 9.06. The van der Waals surface area contributed by atoms with E-state index in [9.17, 15) is 4.79 Å². The molecule has 106 valence electrons. The number of carbonyl (C=O) groups is 1. The second kappa shape index (κ2) is 6.25. The summed E-state index contributed by atoms with van der Waals surface area (Å²) >= 11 is 1.39. The summed E-state index contributed by atoms with van der Waals surface area (Å²) in [6, 6.07) is 2.16. The fraction of sp³-hybridized carbons (Fsp3) is 0.615. The van der Waals surface area contributed by atoms with Gasteiger partial charge in [-0.3, -0.25) is 4.79 Å². The lowest BCUT2D eigenvalue weighted by Gasteiger charge is -2.07. The molecule has 0 spiro atoms. The molecule has 1 aromatic heterocycles. The fourth-order valence-electron chi connectivity index (χ4n) is 1.62. The Morgan fingerprint density at radius 2 is 2.32 bits per heavy atom. The zero-order valence-corrected chi connectivity index (χ0v) is 12.2. The van der Waals surface area contributed by atoms with E-state index < -0.39 is 0 Å². The van der Waals surface area contributed by atoms with Gasteiger partial charge in [0, 0.05) is 12.6 Å². The van der Waals surface area contributed by atoms with E-state index in [-0.39, 0.29) is 12.0 Å². The van der Waals surface area contributed by atoms with Gasteiger partial charge in [-0.1, -0.05) is 0 Å². The quantitative estimate of drug-likeness (QED) is 0.669. The van der Waals surface area contributed by atoms with Crippen LogP contribution in [0.5, 0.6) is 0 Å². The van der Waals surface area contributed by atoms with E-state index >= 15 is 0 Å². The van der Waals surface area contributed by atoms with Crippen LogP contribution in [0.3, 0.4) is 0 Å². The average molecular weight is 283 g/mol. The number of anilines is 2. The third kappa shape index (κ3) is 4.40. The highest BCUT2D eigenvalue weighted by Gasteiger charge is 2.25. The molecule has 0 radical (unpaired) electrons. The highest BCUT2D eigenvalue weighted by molar-refractivity contribution is 7.18. The first-order valence-corrected chi connectivity index (χ1v) is 7.43. The third-order valence-electron chi connectivity index (χ3n) is 2.73. The number of nitrogens with one attached hydrogen (secondary N) is 2. The van der Waals surface area contributed by atoms with Gasteiger partial charge in [-0.15, -0.1) is 11.3 Å². The maximum absolute atomic E-state index is 11.9. The van der Waals surface area contributed by atoms with E-state index in [1.807, 2.05) is 19.9 Å². The summed E-state index contributed by atoms with van der Waals surface area (Å²) in [5.74, 6) is -0.0588. The molecule has 6 heteroatoms. The molecule has 19 heavy (non-hydrogen) atoms. The molecular weight excluding hydrogens is 262 g/mol. The summed E-state index contributed by atoms with van der Waals surface area (Å²) in [7, 11) is 0. The molecule has 0 atom stereocenters. The third-order valence-corrected chi connectivity index (χ3v) is 3.84. The smallest absolute Gasteiger partial charge is 0.263 e. The minimum Gasteiger partial charge on any atom is -0.397 e. The van der Waals surface area contributed by atoms with Crippen LogP contribution in [-0.4, -0.2) is 31.2 Å². The van der Waals surface area contributed by atoms with Crippen LogP contribution in [0.25, 0.3) is 0 Å². The summed E-state index contributed by atoms with van der Waals surface area (Å²) < 4.78 is 5.44. The number of thiophene rings is 1. The first-order valence-electron chi connectivity index (χ1n) is 6.62. The Bertz CT molecular complexity index is 441. The van der Waals surface area contributed by atoms with Crippen LogP contribution in [-0.2, 0) is 4.74 Å². The van der Waals surface area contributed by atoms with Crippen molar-refractivity contribution in [1.29, 1.82) is 0 Å². The number of carbonyl (C=O) groups excluding carboxylic acids is 1. The number of rotatable bonds is 7. The molecule has 1 heterocycles. The van der Waals surface area contributed by atoms with E-state index in [1.54, 1.807) is 0 Å². The van der Waals surface area contributed by atoms with Crippen molar-refractivity contribution in [3.8, 4) is 0 Å². The van der Waals surface area contributed by atoms with E-state index in [0.717, 1.165) is 17.8 Å². The van der Waals surface area contributed by atoms with E-state index in [2.05, 4.69) is 10.6 Å². The number of amides is 1. The molecule has 1 aliphatic rings. The molecule has 1 fully saturated rings. The monoisotopic (exact) mass is 283 g/mol. The van der Waals surface area contributed by atoms with Crippen LogP contribution in [0.1, 0.15) is 36.4 Å². The molecule has 0 saturated heterocycles. The molecule has 0 bridgehead atoms. The van der Waals surface area contributed by atoms with Gasteiger partial charge in [-0.25, -0.2) is 0 Å². The van der Waals surface area contributed by atoms with Gasteiger partial charge in [0.25, 0.3) is 5.91 Å². The van der Waals surface area contributed by atoms with Crippen molar-refractivity contribution >= 4 is 27.9 Å². The standard InChI is InChI=1S/C13H21N3O2S/c1-8(2)18-6-5-15-11-7-10(14)12(19-11)13(17)16-9-3-4-9/h7-9,15H,3-6,14H2,1-2H3,(H,16,17). The largest absolute Gasteiger partial charge is 0.397 e. The first kappa shape index (κ1) is 14.1. The Kier molecular flexibility index (Phi) is 4.66. The minimum atomic E-state index is -0.0588. The van der Waals surface area contributed by atoms with Crippen LogP contribution in [0.2, 0.25) is 0 Å². The SMILES string of the molecule is CC(C)OCCNc1cc(N)c(C(=O)NC2CC2)s1. The second-order valence-electron chi connectivity index (χ2n) is 4.99. The Hall–Kier alpha value is -1.27. The fourth-order valence-corrected chi connectivity index (χ4v) is 2.53. The Balaban J connectivity index is 1.83. The Labute approximate surface area is 117 Å².